The van der Waals surface area contributed by atoms with E-state index in [-0.39, 0.29) is 5.78 Å². The van der Waals surface area contributed by atoms with Gasteiger partial charge in [-0.15, -0.1) is 0 Å². The summed E-state index contributed by atoms with van der Waals surface area (Å²) >= 11 is 5.84. The molecule has 0 fully saturated rings. The second-order valence-electron chi connectivity index (χ2n) is 5.19. The fraction of sp³-hybridized carbons (Fsp3) is 0.211. The Bertz CT molecular complexity index is 752. The summed E-state index contributed by atoms with van der Waals surface area (Å²) in [5.74, 6) is -0.0705. The number of nitriles is 2. The summed E-state index contributed by atoms with van der Waals surface area (Å²) in [6.45, 7) is 1.12. The van der Waals surface area contributed by atoms with Gasteiger partial charge in [0.15, 0.2) is 5.78 Å². The highest BCUT2D eigenvalue weighted by Crippen LogP contribution is 2.19. The Kier molecular flexibility index (Phi) is 6.37. The number of ketones is 1. The zero-order chi connectivity index (χ0) is 17.4. The first-order valence-electron chi connectivity index (χ1n) is 7.55. The van der Waals surface area contributed by atoms with E-state index in [2.05, 4.69) is 12.1 Å². The van der Waals surface area contributed by atoms with Crippen molar-refractivity contribution in [2.24, 2.45) is 0 Å². The van der Waals surface area contributed by atoms with E-state index in [1.54, 1.807) is 36.4 Å². The van der Waals surface area contributed by atoms with E-state index < -0.39 is 0 Å². The summed E-state index contributed by atoms with van der Waals surface area (Å²) < 4.78 is 0. The Hall–Kier alpha value is -2.82. The van der Waals surface area contributed by atoms with Crippen LogP contribution in [0, 0.1) is 22.7 Å². The van der Waals surface area contributed by atoms with E-state index in [4.69, 9.17) is 22.1 Å². The van der Waals surface area contributed by atoms with Gasteiger partial charge in [0, 0.05) is 34.9 Å². The van der Waals surface area contributed by atoms with Gasteiger partial charge in [-0.25, -0.2) is 0 Å². The van der Waals surface area contributed by atoms with Gasteiger partial charge >= 0.3 is 0 Å². The van der Waals surface area contributed by atoms with Crippen LogP contribution in [-0.2, 0) is 0 Å². The molecular weight excluding hydrogens is 322 g/mol. The molecule has 0 heterocycles. The largest absolute Gasteiger partial charge is 0.369 e. The van der Waals surface area contributed by atoms with E-state index in [1.165, 1.54) is 0 Å². The zero-order valence-corrected chi connectivity index (χ0v) is 13.8. The molecule has 0 aromatic heterocycles. The fourth-order valence-corrected chi connectivity index (χ4v) is 2.46. The van der Waals surface area contributed by atoms with Gasteiger partial charge < -0.3 is 4.90 Å². The standard InChI is InChI=1S/C19H16ClN3O/c20-17-7-3-15(4-8-17)19(24)16-5-9-18(10-6-16)23(13-1-11-21)14-2-12-22/h3-10H,1-2,13-14H2. The van der Waals surface area contributed by atoms with Crippen molar-refractivity contribution in [2.45, 2.75) is 12.8 Å². The highest BCUT2D eigenvalue weighted by atomic mass is 35.5. The molecule has 0 saturated heterocycles. The van der Waals surface area contributed by atoms with Crippen molar-refractivity contribution in [3.8, 4) is 12.1 Å². The van der Waals surface area contributed by atoms with Crippen LogP contribution in [0.5, 0.6) is 0 Å². The third-order valence-electron chi connectivity index (χ3n) is 3.59. The van der Waals surface area contributed by atoms with Gasteiger partial charge in [0.05, 0.1) is 25.0 Å². The number of rotatable bonds is 7. The number of anilines is 1. The Labute approximate surface area is 146 Å². The van der Waals surface area contributed by atoms with Crippen LogP contribution in [0.2, 0.25) is 5.02 Å². The minimum Gasteiger partial charge on any atom is -0.369 e. The van der Waals surface area contributed by atoms with E-state index >= 15 is 0 Å². The molecule has 2 rings (SSSR count). The van der Waals surface area contributed by atoms with Crippen molar-refractivity contribution in [3.63, 3.8) is 0 Å². The van der Waals surface area contributed by atoms with Gasteiger partial charge in [-0.05, 0) is 48.5 Å². The van der Waals surface area contributed by atoms with Crippen LogP contribution in [0.25, 0.3) is 0 Å². The van der Waals surface area contributed by atoms with Crippen molar-refractivity contribution < 1.29 is 4.79 Å². The minimum absolute atomic E-state index is 0.0705. The molecule has 0 bridgehead atoms. The number of hydrogen-bond donors (Lipinski definition) is 0. The van der Waals surface area contributed by atoms with E-state index in [0.29, 0.717) is 42.1 Å². The molecule has 120 valence electrons. The summed E-state index contributed by atoms with van der Waals surface area (Å²) in [6, 6.07) is 18.2. The second kappa shape index (κ2) is 8.72. The van der Waals surface area contributed by atoms with Crippen molar-refractivity contribution in [3.05, 3.63) is 64.7 Å². The second-order valence-corrected chi connectivity index (χ2v) is 5.62. The average Bonchev–Trinajstić information content (AvgIpc) is 2.62. The maximum absolute atomic E-state index is 12.4. The Morgan fingerprint density at radius 3 is 1.79 bits per heavy atom. The minimum atomic E-state index is -0.0705. The molecule has 0 amide bonds. The maximum atomic E-state index is 12.4. The lowest BCUT2D eigenvalue weighted by atomic mass is 10.0. The Morgan fingerprint density at radius 1 is 0.875 bits per heavy atom. The molecular formula is C19H16ClN3O. The van der Waals surface area contributed by atoms with Crippen LogP contribution in [-0.4, -0.2) is 18.9 Å². The number of carbonyl (C=O) groups excluding carboxylic acids is 1. The van der Waals surface area contributed by atoms with Gasteiger partial charge in [-0.2, -0.15) is 10.5 Å². The van der Waals surface area contributed by atoms with Crippen molar-refractivity contribution in [1.82, 2.24) is 0 Å². The van der Waals surface area contributed by atoms with E-state index in [9.17, 15) is 4.79 Å². The molecule has 0 aliphatic rings. The highest BCUT2D eigenvalue weighted by Gasteiger charge is 2.11. The lowest BCUT2D eigenvalue weighted by molar-refractivity contribution is 0.103. The summed E-state index contributed by atoms with van der Waals surface area (Å²) in [5.41, 5.74) is 2.06. The first kappa shape index (κ1) is 17.5. The number of hydrogen-bond acceptors (Lipinski definition) is 4. The molecule has 0 spiro atoms. The molecule has 0 atom stereocenters. The summed E-state index contributed by atoms with van der Waals surface area (Å²) in [6.07, 6.45) is 0.772. The Balaban J connectivity index is 2.16. The van der Waals surface area contributed by atoms with Crippen molar-refractivity contribution in [1.29, 1.82) is 10.5 Å². The van der Waals surface area contributed by atoms with Crippen LogP contribution in [0.15, 0.2) is 48.5 Å². The summed E-state index contributed by atoms with van der Waals surface area (Å²) in [4.78, 5) is 14.4. The quantitative estimate of drug-likeness (QED) is 0.710. The van der Waals surface area contributed by atoms with E-state index in [0.717, 1.165) is 5.69 Å². The van der Waals surface area contributed by atoms with Crippen LogP contribution in [0.3, 0.4) is 0 Å². The van der Waals surface area contributed by atoms with Crippen LogP contribution in [0.1, 0.15) is 28.8 Å². The van der Waals surface area contributed by atoms with Gasteiger partial charge in [0.1, 0.15) is 0 Å². The van der Waals surface area contributed by atoms with Crippen LogP contribution < -0.4 is 4.90 Å². The average molecular weight is 338 g/mol. The van der Waals surface area contributed by atoms with Gasteiger partial charge in [0.25, 0.3) is 0 Å². The number of carbonyl (C=O) groups is 1. The molecule has 0 unspecified atom stereocenters. The van der Waals surface area contributed by atoms with E-state index in [1.807, 2.05) is 17.0 Å². The molecule has 0 N–H and O–H groups in total. The number of nitrogens with zero attached hydrogens (tertiary/aromatic N) is 3. The molecule has 5 heteroatoms. The number of benzene rings is 2. The monoisotopic (exact) mass is 337 g/mol. The van der Waals surface area contributed by atoms with Gasteiger partial charge in [-0.1, -0.05) is 11.6 Å². The van der Waals surface area contributed by atoms with Gasteiger partial charge in [0.2, 0.25) is 0 Å². The maximum Gasteiger partial charge on any atom is 0.193 e. The molecule has 2 aromatic rings. The highest BCUT2D eigenvalue weighted by molar-refractivity contribution is 6.30. The molecule has 0 aliphatic heterocycles. The molecule has 2 aromatic carbocycles. The lowest BCUT2D eigenvalue weighted by Gasteiger charge is -2.22. The lowest BCUT2D eigenvalue weighted by Crippen LogP contribution is -2.25. The van der Waals surface area contributed by atoms with Crippen molar-refractivity contribution >= 4 is 23.1 Å². The van der Waals surface area contributed by atoms with Crippen LogP contribution in [0.4, 0.5) is 5.69 Å². The zero-order valence-electron chi connectivity index (χ0n) is 13.1. The third kappa shape index (κ3) is 4.59. The van der Waals surface area contributed by atoms with Crippen molar-refractivity contribution in [2.75, 3.05) is 18.0 Å². The molecule has 0 aliphatic carbocycles. The smallest absolute Gasteiger partial charge is 0.193 e. The molecule has 0 radical (unpaired) electrons. The predicted octanol–water partition coefficient (Wildman–Crippen LogP) is 4.20. The predicted molar refractivity (Wildman–Crippen MR) is 94.0 cm³/mol. The summed E-state index contributed by atoms with van der Waals surface area (Å²) in [7, 11) is 0. The van der Waals surface area contributed by atoms with Gasteiger partial charge in [-0.3, -0.25) is 4.79 Å². The molecule has 4 nitrogen and oxygen atoms in total. The molecule has 24 heavy (non-hydrogen) atoms. The number of halogens is 1. The SMILES string of the molecule is N#CCCN(CCC#N)c1ccc(C(=O)c2ccc(Cl)cc2)cc1. The first-order valence-corrected chi connectivity index (χ1v) is 7.92. The fourth-order valence-electron chi connectivity index (χ4n) is 2.33. The van der Waals surface area contributed by atoms with Crippen LogP contribution >= 0.6 is 11.6 Å². The third-order valence-corrected chi connectivity index (χ3v) is 3.84. The summed E-state index contributed by atoms with van der Waals surface area (Å²) in [5, 5.41) is 18.1. The first-order chi connectivity index (χ1) is 11.7. The topological polar surface area (TPSA) is 67.9 Å². The Morgan fingerprint density at radius 2 is 1.33 bits per heavy atom. The normalized spacial score (nSPS) is 9.79. The molecule has 0 saturated carbocycles.